The van der Waals surface area contributed by atoms with Gasteiger partial charge in [-0.25, -0.2) is 4.99 Å². The summed E-state index contributed by atoms with van der Waals surface area (Å²) in [6.45, 7) is 0. The van der Waals surface area contributed by atoms with Crippen LogP contribution in [0, 0.1) is 10.1 Å². The van der Waals surface area contributed by atoms with E-state index in [2.05, 4.69) is 4.99 Å². The van der Waals surface area contributed by atoms with Crippen molar-refractivity contribution in [1.82, 2.24) is 0 Å². The third-order valence-electron chi connectivity index (χ3n) is 3.58. The molecule has 2 aromatic carbocycles. The van der Waals surface area contributed by atoms with Gasteiger partial charge in [0.15, 0.2) is 5.75 Å². The Morgan fingerprint density at radius 1 is 1.30 bits per heavy atom. The lowest BCUT2D eigenvalue weighted by Crippen LogP contribution is -1.94. The van der Waals surface area contributed by atoms with Gasteiger partial charge in [0, 0.05) is 16.8 Å². The zero-order chi connectivity index (χ0) is 19.4. The molecule has 0 saturated heterocycles. The van der Waals surface area contributed by atoms with Crippen LogP contribution in [0.3, 0.4) is 0 Å². The molecule has 0 unspecified atom stereocenters. The first-order chi connectivity index (χ1) is 13.0. The van der Waals surface area contributed by atoms with Gasteiger partial charge < -0.3 is 4.74 Å². The number of hydrogen-bond acceptors (Lipinski definition) is 7. The first kappa shape index (κ1) is 19.5. The van der Waals surface area contributed by atoms with Gasteiger partial charge >= 0.3 is 5.69 Å². The second kappa shape index (κ2) is 8.60. The molecule has 1 heterocycles. The van der Waals surface area contributed by atoms with E-state index in [9.17, 15) is 14.9 Å². The van der Waals surface area contributed by atoms with E-state index in [-0.39, 0.29) is 22.2 Å². The Bertz CT molecular complexity index is 958. The van der Waals surface area contributed by atoms with E-state index in [1.54, 1.807) is 6.07 Å². The summed E-state index contributed by atoms with van der Waals surface area (Å²) in [6, 6.07) is 12.0. The molecule has 6 nitrogen and oxygen atoms in total. The molecule has 0 radical (unpaired) electrons. The number of methoxy groups -OCH3 is 1. The third kappa shape index (κ3) is 4.91. The topological polar surface area (TPSA) is 81.8 Å². The highest BCUT2D eigenvalue weighted by atomic mass is 35.5. The summed E-state index contributed by atoms with van der Waals surface area (Å²) >= 11 is 8.38. The highest BCUT2D eigenvalue weighted by molar-refractivity contribution is 8.45. The zero-order valence-electron chi connectivity index (χ0n) is 14.0. The average molecular weight is 421 g/mol. The number of halogens is 1. The average Bonchev–Trinajstić information content (AvgIpc) is 3.00. The summed E-state index contributed by atoms with van der Waals surface area (Å²) in [5, 5.41) is 11.6. The molecule has 0 amide bonds. The van der Waals surface area contributed by atoms with Crippen LogP contribution < -0.4 is 4.74 Å². The molecule has 0 aliphatic carbocycles. The number of nitro groups is 1. The number of ether oxygens (including phenoxy) is 1. The lowest BCUT2D eigenvalue weighted by atomic mass is 10.1. The standard InChI is InChI=1S/C18H13ClN2O4S2/c1-25-16-7-4-12(9-15(16)21(23)24)8-14-17(22)27-18(20-14)26-10-11-2-5-13(19)6-3-11/h2-9H,10H2,1H3/b14-8-. The quantitative estimate of drug-likeness (QED) is 0.377. The summed E-state index contributed by atoms with van der Waals surface area (Å²) in [5.74, 6) is 0.828. The third-order valence-corrected chi connectivity index (χ3v) is 5.91. The Balaban J connectivity index is 1.76. The number of carbonyl (C=O) groups excluding carboxylic acids is 1. The van der Waals surface area contributed by atoms with E-state index in [4.69, 9.17) is 16.3 Å². The van der Waals surface area contributed by atoms with Crippen LogP contribution in [0.25, 0.3) is 6.08 Å². The fourth-order valence-corrected chi connectivity index (χ4v) is 4.20. The number of rotatable bonds is 5. The number of benzene rings is 2. The Kier molecular flexibility index (Phi) is 6.20. The van der Waals surface area contributed by atoms with Crippen LogP contribution >= 0.6 is 35.1 Å². The zero-order valence-corrected chi connectivity index (χ0v) is 16.4. The number of aliphatic imine (C=N–C) groups is 1. The van der Waals surface area contributed by atoms with Crippen molar-refractivity contribution in [3.63, 3.8) is 0 Å². The highest BCUT2D eigenvalue weighted by Crippen LogP contribution is 2.34. The molecular weight excluding hydrogens is 408 g/mol. The summed E-state index contributed by atoms with van der Waals surface area (Å²) in [4.78, 5) is 27.1. The van der Waals surface area contributed by atoms with E-state index < -0.39 is 4.92 Å². The molecule has 0 spiro atoms. The lowest BCUT2D eigenvalue weighted by molar-refractivity contribution is -0.385. The van der Waals surface area contributed by atoms with Gasteiger partial charge in [0.25, 0.3) is 0 Å². The Hall–Kier alpha value is -2.29. The van der Waals surface area contributed by atoms with E-state index in [1.807, 2.05) is 24.3 Å². The molecule has 0 saturated carbocycles. The fraction of sp³-hybridized carbons (Fsp3) is 0.111. The van der Waals surface area contributed by atoms with E-state index >= 15 is 0 Å². The molecule has 1 aliphatic heterocycles. The molecule has 0 atom stereocenters. The molecule has 0 aromatic heterocycles. The van der Waals surface area contributed by atoms with Crippen molar-refractivity contribution in [1.29, 1.82) is 0 Å². The van der Waals surface area contributed by atoms with Crippen LogP contribution in [0.1, 0.15) is 11.1 Å². The minimum absolute atomic E-state index is 0.161. The lowest BCUT2D eigenvalue weighted by Gasteiger charge is -2.02. The first-order valence-corrected chi connectivity index (χ1v) is 9.86. The van der Waals surface area contributed by atoms with Gasteiger partial charge in [-0.15, -0.1) is 0 Å². The van der Waals surface area contributed by atoms with Crippen molar-refractivity contribution in [3.05, 3.63) is 74.4 Å². The summed E-state index contributed by atoms with van der Waals surface area (Å²) in [5.41, 5.74) is 1.69. The van der Waals surface area contributed by atoms with Gasteiger partial charge in [-0.1, -0.05) is 41.6 Å². The van der Waals surface area contributed by atoms with E-state index in [0.717, 1.165) is 17.3 Å². The predicted molar refractivity (Wildman–Crippen MR) is 110 cm³/mol. The van der Waals surface area contributed by atoms with Crippen LogP contribution in [-0.2, 0) is 10.5 Å². The van der Waals surface area contributed by atoms with Crippen LogP contribution in [0.4, 0.5) is 5.69 Å². The van der Waals surface area contributed by atoms with Gasteiger partial charge in [0.05, 0.1) is 12.0 Å². The molecule has 0 N–H and O–H groups in total. The van der Waals surface area contributed by atoms with Crippen LogP contribution in [0.2, 0.25) is 5.02 Å². The smallest absolute Gasteiger partial charge is 0.311 e. The molecule has 0 fully saturated rings. The molecule has 2 aromatic rings. The van der Waals surface area contributed by atoms with Crippen LogP contribution in [0.5, 0.6) is 5.75 Å². The predicted octanol–water partition coefficient (Wildman–Crippen LogP) is 5.16. The number of nitro benzene ring substituents is 1. The minimum Gasteiger partial charge on any atom is -0.490 e. The van der Waals surface area contributed by atoms with E-state index in [1.165, 1.54) is 37.1 Å². The highest BCUT2D eigenvalue weighted by Gasteiger charge is 2.23. The SMILES string of the molecule is COc1ccc(/C=C2\N=C(SCc3ccc(Cl)cc3)SC2=O)cc1[N+](=O)[O-]. The molecule has 27 heavy (non-hydrogen) atoms. The monoisotopic (exact) mass is 420 g/mol. The van der Waals surface area contributed by atoms with Crippen molar-refractivity contribution >= 4 is 56.4 Å². The number of thioether (sulfide) groups is 2. The van der Waals surface area contributed by atoms with E-state index in [0.29, 0.717) is 20.7 Å². The molecule has 0 bridgehead atoms. The van der Waals surface area contributed by atoms with Gasteiger partial charge in [0.1, 0.15) is 10.1 Å². The number of hydrogen-bond donors (Lipinski definition) is 0. The fourth-order valence-electron chi connectivity index (χ4n) is 2.27. The second-order valence-electron chi connectivity index (χ2n) is 5.40. The van der Waals surface area contributed by atoms with Crippen molar-refractivity contribution < 1.29 is 14.5 Å². The van der Waals surface area contributed by atoms with Crippen molar-refractivity contribution in [2.24, 2.45) is 4.99 Å². The Morgan fingerprint density at radius 3 is 2.70 bits per heavy atom. The van der Waals surface area contributed by atoms with Crippen LogP contribution in [-0.4, -0.2) is 21.5 Å². The minimum atomic E-state index is -0.525. The number of carbonyl (C=O) groups is 1. The maximum Gasteiger partial charge on any atom is 0.311 e. The second-order valence-corrected chi connectivity index (χ2v) is 8.02. The van der Waals surface area contributed by atoms with Crippen LogP contribution in [0.15, 0.2) is 53.2 Å². The Morgan fingerprint density at radius 2 is 2.04 bits per heavy atom. The summed E-state index contributed by atoms with van der Waals surface area (Å²) in [7, 11) is 1.37. The van der Waals surface area contributed by atoms with Gasteiger partial charge in [-0.2, -0.15) is 0 Å². The first-order valence-electron chi connectivity index (χ1n) is 7.68. The molecule has 3 rings (SSSR count). The van der Waals surface area contributed by atoms with Crippen molar-refractivity contribution in [3.8, 4) is 5.75 Å². The largest absolute Gasteiger partial charge is 0.490 e. The van der Waals surface area contributed by atoms with Crippen molar-refractivity contribution in [2.75, 3.05) is 7.11 Å². The van der Waals surface area contributed by atoms with Gasteiger partial charge in [-0.3, -0.25) is 14.9 Å². The molecule has 1 aliphatic rings. The van der Waals surface area contributed by atoms with Gasteiger partial charge in [0.2, 0.25) is 5.12 Å². The maximum atomic E-state index is 12.2. The van der Waals surface area contributed by atoms with Crippen molar-refractivity contribution in [2.45, 2.75) is 5.75 Å². The normalized spacial score (nSPS) is 15.1. The van der Waals surface area contributed by atoms with Gasteiger partial charge in [-0.05, 0) is 47.2 Å². The molecule has 138 valence electrons. The summed E-state index contributed by atoms with van der Waals surface area (Å²) < 4.78 is 5.62. The molecular formula is C18H13ClN2O4S2. The molecule has 9 heteroatoms. The number of nitrogens with zero attached hydrogens (tertiary/aromatic N) is 2. The summed E-state index contributed by atoms with van der Waals surface area (Å²) in [6.07, 6.45) is 1.54. The maximum absolute atomic E-state index is 12.2. The Labute approximate surface area is 168 Å².